The van der Waals surface area contributed by atoms with Gasteiger partial charge >= 0.3 is 11.7 Å². The molecule has 0 saturated heterocycles. The molecule has 9 heteroatoms. The molecule has 0 saturated carbocycles. The lowest BCUT2D eigenvalue weighted by Crippen LogP contribution is -2.37. The Morgan fingerprint density at radius 1 is 1.45 bits per heavy atom. The largest absolute Gasteiger partial charge is 0.467 e. The molecule has 112 valence electrons. The summed E-state index contributed by atoms with van der Waals surface area (Å²) in [5, 5.41) is 2.63. The Morgan fingerprint density at radius 3 is 2.65 bits per heavy atom. The van der Waals surface area contributed by atoms with Crippen LogP contribution in [0.25, 0.3) is 0 Å². The van der Waals surface area contributed by atoms with Crippen molar-refractivity contribution < 1.29 is 14.3 Å². The molecule has 0 spiro atoms. The fourth-order valence-corrected chi connectivity index (χ4v) is 1.58. The van der Waals surface area contributed by atoms with Crippen LogP contribution in [0.1, 0.15) is 6.92 Å². The van der Waals surface area contributed by atoms with Crippen molar-refractivity contribution in [3.8, 4) is 0 Å². The Balaban J connectivity index is 3.16. The van der Waals surface area contributed by atoms with Gasteiger partial charge in [0.2, 0.25) is 0 Å². The number of nitrogens with one attached hydrogen (secondary N) is 2. The van der Waals surface area contributed by atoms with Crippen molar-refractivity contribution in [2.24, 2.45) is 0 Å². The minimum absolute atomic E-state index is 0.0568. The van der Waals surface area contributed by atoms with E-state index in [4.69, 9.17) is 10.5 Å². The van der Waals surface area contributed by atoms with Crippen molar-refractivity contribution >= 4 is 17.5 Å². The number of carbonyl (C=O) groups excluding carboxylic acids is 1. The fraction of sp³-hybridized carbons (Fsp3) is 0.545. The number of carbonyl (C=O) groups is 1. The molecule has 0 aliphatic carbocycles. The van der Waals surface area contributed by atoms with Gasteiger partial charge in [-0.15, -0.1) is 0 Å². The predicted octanol–water partition coefficient (Wildman–Crippen LogP) is -1.26. The van der Waals surface area contributed by atoms with E-state index < -0.39 is 23.3 Å². The van der Waals surface area contributed by atoms with Crippen LogP contribution in [0.4, 0.5) is 11.5 Å². The molecule has 1 aromatic heterocycles. The van der Waals surface area contributed by atoms with Crippen molar-refractivity contribution in [3.63, 3.8) is 0 Å². The molecule has 0 aromatic carbocycles. The van der Waals surface area contributed by atoms with E-state index in [1.165, 1.54) is 21.1 Å². The lowest BCUT2D eigenvalue weighted by atomic mass is 10.3. The number of hydrogen-bond donors (Lipinski definition) is 3. The molecule has 4 N–H and O–H groups in total. The summed E-state index contributed by atoms with van der Waals surface area (Å²) >= 11 is 0. The number of H-pyrrole nitrogens is 1. The maximum atomic E-state index is 11.7. The summed E-state index contributed by atoms with van der Waals surface area (Å²) in [6.07, 6.45) is 0. The summed E-state index contributed by atoms with van der Waals surface area (Å²) in [4.78, 5) is 36.8. The SMILES string of the molecule is COCCn1c(N)c(NC(C)C(=O)OC)c(=O)[nH]c1=O. The molecule has 1 atom stereocenters. The molecule has 1 unspecified atom stereocenters. The number of esters is 1. The quantitative estimate of drug-likeness (QED) is 0.556. The molecule has 0 fully saturated rings. The number of methoxy groups -OCH3 is 2. The Hall–Kier alpha value is -2.29. The second kappa shape index (κ2) is 6.75. The number of rotatable bonds is 6. The van der Waals surface area contributed by atoms with E-state index in [-0.39, 0.29) is 24.7 Å². The third-order valence-corrected chi connectivity index (χ3v) is 2.67. The number of nitrogens with two attached hydrogens (primary N) is 1. The second-order valence-electron chi connectivity index (χ2n) is 4.05. The lowest BCUT2D eigenvalue weighted by molar-refractivity contribution is -0.141. The second-order valence-corrected chi connectivity index (χ2v) is 4.05. The zero-order valence-corrected chi connectivity index (χ0v) is 11.6. The van der Waals surface area contributed by atoms with E-state index in [0.717, 1.165) is 4.57 Å². The Kier molecular flexibility index (Phi) is 5.32. The summed E-state index contributed by atoms with van der Waals surface area (Å²) in [6.45, 7) is 1.94. The van der Waals surface area contributed by atoms with Gasteiger partial charge in [-0.05, 0) is 6.92 Å². The monoisotopic (exact) mass is 286 g/mol. The number of nitrogen functional groups attached to an aromatic ring is 1. The average molecular weight is 286 g/mol. The van der Waals surface area contributed by atoms with Gasteiger partial charge in [-0.25, -0.2) is 9.59 Å². The first-order valence-electron chi connectivity index (χ1n) is 5.88. The molecule has 1 aromatic rings. The molecule has 0 radical (unpaired) electrons. The lowest BCUT2D eigenvalue weighted by Gasteiger charge is -2.16. The number of ether oxygens (including phenoxy) is 2. The van der Waals surface area contributed by atoms with Gasteiger partial charge in [0.25, 0.3) is 5.56 Å². The van der Waals surface area contributed by atoms with Gasteiger partial charge in [0.05, 0.1) is 20.3 Å². The van der Waals surface area contributed by atoms with Gasteiger partial charge in [0.1, 0.15) is 17.5 Å². The zero-order chi connectivity index (χ0) is 15.3. The highest BCUT2D eigenvalue weighted by atomic mass is 16.5. The number of nitrogens with zero attached hydrogens (tertiary/aromatic N) is 1. The number of hydrogen-bond acceptors (Lipinski definition) is 7. The van der Waals surface area contributed by atoms with E-state index in [1.54, 1.807) is 0 Å². The highest BCUT2D eigenvalue weighted by Gasteiger charge is 2.18. The summed E-state index contributed by atoms with van der Waals surface area (Å²) in [7, 11) is 2.71. The summed E-state index contributed by atoms with van der Waals surface area (Å²) < 4.78 is 10.6. The third kappa shape index (κ3) is 3.38. The van der Waals surface area contributed by atoms with E-state index in [0.29, 0.717) is 0 Å². The van der Waals surface area contributed by atoms with Crippen LogP contribution in [0.2, 0.25) is 0 Å². The fourth-order valence-electron chi connectivity index (χ4n) is 1.58. The van der Waals surface area contributed by atoms with Gasteiger partial charge in [-0.1, -0.05) is 0 Å². The van der Waals surface area contributed by atoms with Crippen LogP contribution >= 0.6 is 0 Å². The van der Waals surface area contributed by atoms with E-state index in [2.05, 4.69) is 15.0 Å². The molecule has 0 aliphatic rings. The van der Waals surface area contributed by atoms with Crippen LogP contribution in [0, 0.1) is 0 Å². The maximum Gasteiger partial charge on any atom is 0.330 e. The standard InChI is InChI=1S/C11H18N4O5/c1-6(10(17)20-3)13-7-8(12)15(4-5-19-2)11(18)14-9(7)16/h6,13H,4-5,12H2,1-3H3,(H,14,16,18). The summed E-state index contributed by atoms with van der Waals surface area (Å²) in [5.41, 5.74) is 4.40. The first-order valence-corrected chi connectivity index (χ1v) is 5.88. The molecule has 20 heavy (non-hydrogen) atoms. The zero-order valence-electron chi connectivity index (χ0n) is 11.6. The van der Waals surface area contributed by atoms with E-state index in [9.17, 15) is 14.4 Å². The van der Waals surface area contributed by atoms with Crippen LogP contribution in [0.15, 0.2) is 9.59 Å². The van der Waals surface area contributed by atoms with Crippen molar-refractivity contribution in [1.29, 1.82) is 0 Å². The van der Waals surface area contributed by atoms with Crippen LogP contribution in [0.3, 0.4) is 0 Å². The minimum Gasteiger partial charge on any atom is -0.467 e. The summed E-state index contributed by atoms with van der Waals surface area (Å²) in [6, 6.07) is -0.781. The van der Waals surface area contributed by atoms with Crippen molar-refractivity contribution in [2.45, 2.75) is 19.5 Å². The Morgan fingerprint density at radius 2 is 2.10 bits per heavy atom. The topological polar surface area (TPSA) is 128 Å². The number of aromatic nitrogens is 2. The van der Waals surface area contributed by atoms with Gasteiger partial charge in [0, 0.05) is 7.11 Å². The van der Waals surface area contributed by atoms with Gasteiger partial charge in [-0.2, -0.15) is 0 Å². The molecule has 0 amide bonds. The predicted molar refractivity (Wildman–Crippen MR) is 72.7 cm³/mol. The molecule has 0 bridgehead atoms. The Bertz CT molecular complexity index is 591. The smallest absolute Gasteiger partial charge is 0.330 e. The highest BCUT2D eigenvalue weighted by Crippen LogP contribution is 2.11. The molecule has 1 rings (SSSR count). The molecule has 1 heterocycles. The average Bonchev–Trinajstić information content (AvgIpc) is 2.42. The van der Waals surface area contributed by atoms with Crippen molar-refractivity contribution in [3.05, 3.63) is 20.8 Å². The molecular formula is C11H18N4O5. The summed E-state index contributed by atoms with van der Waals surface area (Å²) in [5.74, 6) is -0.620. The third-order valence-electron chi connectivity index (χ3n) is 2.67. The molecule has 0 aliphatic heterocycles. The normalized spacial score (nSPS) is 11.9. The van der Waals surface area contributed by atoms with Gasteiger partial charge < -0.3 is 20.5 Å². The Labute approximate surface area is 114 Å². The van der Waals surface area contributed by atoms with Gasteiger partial charge in [0.15, 0.2) is 0 Å². The molecule has 9 nitrogen and oxygen atoms in total. The first kappa shape index (κ1) is 15.8. The van der Waals surface area contributed by atoms with E-state index >= 15 is 0 Å². The van der Waals surface area contributed by atoms with Crippen LogP contribution < -0.4 is 22.3 Å². The van der Waals surface area contributed by atoms with Crippen LogP contribution in [-0.2, 0) is 20.8 Å². The minimum atomic E-state index is -0.781. The maximum absolute atomic E-state index is 11.7. The molecular weight excluding hydrogens is 268 g/mol. The highest BCUT2D eigenvalue weighted by molar-refractivity contribution is 5.80. The van der Waals surface area contributed by atoms with Gasteiger partial charge in [-0.3, -0.25) is 14.3 Å². The van der Waals surface area contributed by atoms with Crippen molar-refractivity contribution in [2.75, 3.05) is 31.9 Å². The number of aromatic amines is 1. The first-order chi connectivity index (χ1) is 9.42. The van der Waals surface area contributed by atoms with E-state index in [1.807, 2.05) is 0 Å². The van der Waals surface area contributed by atoms with Crippen molar-refractivity contribution in [1.82, 2.24) is 9.55 Å². The van der Waals surface area contributed by atoms with Crippen LogP contribution in [0.5, 0.6) is 0 Å². The number of anilines is 2. The van der Waals surface area contributed by atoms with Crippen LogP contribution in [-0.4, -0.2) is 42.4 Å².